The molecule has 1 N–H and O–H groups in total. The molecule has 1 aromatic rings. The van der Waals surface area contributed by atoms with Crippen LogP contribution in [0.15, 0.2) is 0 Å². The molecule has 0 aliphatic carbocycles. The molecule has 0 aromatic carbocycles. The van der Waals surface area contributed by atoms with Crippen molar-refractivity contribution in [3.63, 3.8) is 0 Å². The molecule has 1 heterocycles. The smallest absolute Gasteiger partial charge is 0.225 e. The van der Waals surface area contributed by atoms with Crippen LogP contribution in [-0.2, 0) is 4.79 Å². The summed E-state index contributed by atoms with van der Waals surface area (Å²) in [6, 6.07) is 2.15. The van der Waals surface area contributed by atoms with E-state index in [1.165, 1.54) is 11.3 Å². The summed E-state index contributed by atoms with van der Waals surface area (Å²) in [5, 5.41) is 12.6. The number of rotatable bonds is 2. The van der Waals surface area contributed by atoms with Gasteiger partial charge in [0.25, 0.3) is 0 Å². The topological polar surface area (TPSA) is 52.9 Å². The fourth-order valence-corrected chi connectivity index (χ4v) is 2.53. The standard InChI is InChI=1S/C13H18N2OS/c1-8-9(2)17-12(10(8)7-14)15-11(16)6-13(3,4)5/h6H2,1-5H3,(H,15,16). The zero-order chi connectivity index (χ0) is 13.2. The normalized spacial score (nSPS) is 11.1. The van der Waals surface area contributed by atoms with Crippen molar-refractivity contribution in [3.05, 3.63) is 16.0 Å². The van der Waals surface area contributed by atoms with E-state index in [9.17, 15) is 4.79 Å². The Hall–Kier alpha value is -1.34. The van der Waals surface area contributed by atoms with Crippen molar-refractivity contribution in [1.29, 1.82) is 5.26 Å². The average Bonchev–Trinajstić information content (AvgIpc) is 2.39. The van der Waals surface area contributed by atoms with Crippen molar-refractivity contribution in [2.45, 2.75) is 41.0 Å². The van der Waals surface area contributed by atoms with Gasteiger partial charge in [-0.2, -0.15) is 5.26 Å². The Morgan fingerprint density at radius 1 is 1.41 bits per heavy atom. The van der Waals surface area contributed by atoms with Crippen molar-refractivity contribution in [1.82, 2.24) is 0 Å². The van der Waals surface area contributed by atoms with Gasteiger partial charge < -0.3 is 5.32 Å². The van der Waals surface area contributed by atoms with Crippen molar-refractivity contribution < 1.29 is 4.79 Å². The number of nitrogens with zero attached hydrogens (tertiary/aromatic N) is 1. The highest BCUT2D eigenvalue weighted by molar-refractivity contribution is 7.16. The number of nitriles is 1. The van der Waals surface area contributed by atoms with Crippen molar-refractivity contribution in [2.24, 2.45) is 5.41 Å². The first-order valence-corrected chi connectivity index (χ1v) is 6.36. The van der Waals surface area contributed by atoms with Crippen LogP contribution < -0.4 is 5.32 Å². The lowest BCUT2D eigenvalue weighted by Gasteiger charge is -2.16. The van der Waals surface area contributed by atoms with Gasteiger partial charge in [-0.05, 0) is 24.8 Å². The van der Waals surface area contributed by atoms with Gasteiger partial charge in [-0.15, -0.1) is 11.3 Å². The van der Waals surface area contributed by atoms with E-state index in [-0.39, 0.29) is 11.3 Å². The number of hydrogen-bond donors (Lipinski definition) is 1. The molecule has 0 spiro atoms. The summed E-state index contributed by atoms with van der Waals surface area (Å²) in [4.78, 5) is 12.9. The van der Waals surface area contributed by atoms with E-state index in [1.54, 1.807) is 0 Å². The van der Waals surface area contributed by atoms with Crippen molar-refractivity contribution >= 4 is 22.2 Å². The fourth-order valence-electron chi connectivity index (χ4n) is 1.50. The minimum Gasteiger partial charge on any atom is -0.317 e. The van der Waals surface area contributed by atoms with Crippen LogP contribution in [0.1, 0.15) is 43.2 Å². The zero-order valence-electron chi connectivity index (χ0n) is 11.0. The van der Waals surface area contributed by atoms with E-state index in [4.69, 9.17) is 5.26 Å². The van der Waals surface area contributed by atoms with E-state index in [1.807, 2.05) is 34.6 Å². The summed E-state index contributed by atoms with van der Waals surface area (Å²) < 4.78 is 0. The summed E-state index contributed by atoms with van der Waals surface area (Å²) in [7, 11) is 0. The molecule has 17 heavy (non-hydrogen) atoms. The summed E-state index contributed by atoms with van der Waals surface area (Å²) in [6.45, 7) is 9.91. The first-order valence-electron chi connectivity index (χ1n) is 5.54. The highest BCUT2D eigenvalue weighted by Gasteiger charge is 2.19. The van der Waals surface area contributed by atoms with Gasteiger partial charge in [-0.3, -0.25) is 4.79 Å². The molecule has 1 amide bonds. The summed E-state index contributed by atoms with van der Waals surface area (Å²) in [6.07, 6.45) is 0.452. The van der Waals surface area contributed by atoms with Gasteiger partial charge in [0, 0.05) is 11.3 Å². The first-order chi connectivity index (χ1) is 7.74. The van der Waals surface area contributed by atoms with Crippen molar-refractivity contribution in [2.75, 3.05) is 5.32 Å². The second-order valence-electron chi connectivity index (χ2n) is 5.38. The summed E-state index contributed by atoms with van der Waals surface area (Å²) in [5.74, 6) is -0.0322. The third kappa shape index (κ3) is 3.57. The number of carbonyl (C=O) groups excluding carboxylic acids is 1. The maximum atomic E-state index is 11.8. The molecule has 3 nitrogen and oxygen atoms in total. The summed E-state index contributed by atoms with van der Waals surface area (Å²) >= 11 is 1.47. The highest BCUT2D eigenvalue weighted by Crippen LogP contribution is 2.32. The predicted molar refractivity (Wildman–Crippen MR) is 71.2 cm³/mol. The van der Waals surface area contributed by atoms with E-state index < -0.39 is 0 Å². The number of anilines is 1. The Morgan fingerprint density at radius 2 is 2.00 bits per heavy atom. The molecule has 0 radical (unpaired) electrons. The number of nitrogens with one attached hydrogen (secondary N) is 1. The lowest BCUT2D eigenvalue weighted by Crippen LogP contribution is -2.19. The molecule has 1 rings (SSSR count). The van der Waals surface area contributed by atoms with E-state index in [0.717, 1.165) is 10.4 Å². The number of aryl methyl sites for hydroxylation is 1. The van der Waals surface area contributed by atoms with Crippen LogP contribution in [0, 0.1) is 30.6 Å². The maximum absolute atomic E-state index is 11.8. The molecule has 0 aliphatic heterocycles. The molecule has 0 unspecified atom stereocenters. The second kappa shape index (κ2) is 4.89. The van der Waals surface area contributed by atoms with Gasteiger partial charge >= 0.3 is 0 Å². The first kappa shape index (κ1) is 13.7. The second-order valence-corrected chi connectivity index (χ2v) is 6.61. The van der Waals surface area contributed by atoms with Crippen LogP contribution in [0.25, 0.3) is 0 Å². The Balaban J connectivity index is 2.87. The molecule has 0 saturated heterocycles. The van der Waals surface area contributed by atoms with Crippen LogP contribution in [-0.4, -0.2) is 5.91 Å². The van der Waals surface area contributed by atoms with Gasteiger partial charge in [0.05, 0.1) is 5.56 Å². The van der Waals surface area contributed by atoms with Crippen LogP contribution >= 0.6 is 11.3 Å². The predicted octanol–water partition coefficient (Wildman–Crippen LogP) is 3.61. The SMILES string of the molecule is Cc1sc(NC(=O)CC(C)(C)C)c(C#N)c1C. The van der Waals surface area contributed by atoms with Crippen molar-refractivity contribution in [3.8, 4) is 6.07 Å². The van der Waals surface area contributed by atoms with Gasteiger partial charge in [-0.1, -0.05) is 20.8 Å². The fraction of sp³-hybridized carbons (Fsp3) is 0.538. The maximum Gasteiger partial charge on any atom is 0.225 e. The average molecular weight is 250 g/mol. The molecule has 4 heteroatoms. The van der Waals surface area contributed by atoms with E-state index in [2.05, 4.69) is 11.4 Å². The molecule has 0 aliphatic rings. The summed E-state index contributed by atoms with van der Waals surface area (Å²) in [5.41, 5.74) is 1.51. The van der Waals surface area contributed by atoms with Crippen LogP contribution in [0.3, 0.4) is 0 Å². The molecular formula is C13H18N2OS. The van der Waals surface area contributed by atoms with E-state index >= 15 is 0 Å². The monoisotopic (exact) mass is 250 g/mol. The highest BCUT2D eigenvalue weighted by atomic mass is 32.1. The van der Waals surface area contributed by atoms with Gasteiger partial charge in [0.2, 0.25) is 5.91 Å². The third-order valence-corrected chi connectivity index (χ3v) is 3.56. The van der Waals surface area contributed by atoms with Gasteiger partial charge in [-0.25, -0.2) is 0 Å². The number of carbonyl (C=O) groups is 1. The number of hydrogen-bond acceptors (Lipinski definition) is 3. The largest absolute Gasteiger partial charge is 0.317 e. The quantitative estimate of drug-likeness (QED) is 0.871. The molecule has 0 atom stereocenters. The van der Waals surface area contributed by atoms with Crippen LogP contribution in [0.4, 0.5) is 5.00 Å². The minimum atomic E-state index is -0.0434. The van der Waals surface area contributed by atoms with Crippen LogP contribution in [0.5, 0.6) is 0 Å². The Morgan fingerprint density at radius 3 is 2.47 bits per heavy atom. The minimum absolute atomic E-state index is 0.0322. The Kier molecular flexibility index (Phi) is 3.94. The zero-order valence-corrected chi connectivity index (χ0v) is 11.8. The molecular weight excluding hydrogens is 232 g/mol. The third-order valence-electron chi connectivity index (χ3n) is 2.44. The lowest BCUT2D eigenvalue weighted by molar-refractivity contribution is -0.117. The van der Waals surface area contributed by atoms with Crippen LogP contribution in [0.2, 0.25) is 0 Å². The van der Waals surface area contributed by atoms with E-state index in [0.29, 0.717) is 17.0 Å². The van der Waals surface area contributed by atoms with Gasteiger partial charge in [0.15, 0.2) is 0 Å². The Labute approximate surface area is 106 Å². The Bertz CT molecular complexity index is 475. The number of amides is 1. The molecule has 1 aromatic heterocycles. The molecule has 0 bridgehead atoms. The molecule has 92 valence electrons. The van der Waals surface area contributed by atoms with Gasteiger partial charge in [0.1, 0.15) is 11.1 Å². The number of thiophene rings is 1. The lowest BCUT2D eigenvalue weighted by atomic mass is 9.92. The molecule has 0 fully saturated rings. The molecule has 0 saturated carbocycles.